The molecule has 0 aliphatic carbocycles. The Kier molecular flexibility index (Phi) is 6.50. The summed E-state index contributed by atoms with van der Waals surface area (Å²) in [4.78, 5) is 46.4. The molecule has 1 spiro atoms. The van der Waals surface area contributed by atoms with Gasteiger partial charge in [-0.15, -0.1) is 0 Å². The summed E-state index contributed by atoms with van der Waals surface area (Å²) in [7, 11) is 4.58. The van der Waals surface area contributed by atoms with Gasteiger partial charge in [-0.1, -0.05) is 42.5 Å². The number of amides is 1. The van der Waals surface area contributed by atoms with Crippen molar-refractivity contribution in [1.29, 1.82) is 0 Å². The van der Waals surface area contributed by atoms with Crippen molar-refractivity contribution in [2.45, 2.75) is 17.5 Å². The van der Waals surface area contributed by atoms with Gasteiger partial charge in [0, 0.05) is 23.5 Å². The molecular weight excluding hydrogens is 556 g/mol. The third-order valence-electron chi connectivity index (χ3n) is 9.17. The Hall–Kier alpha value is -5.37. The molecule has 0 aromatic heterocycles. The van der Waals surface area contributed by atoms with Gasteiger partial charge < -0.3 is 24.4 Å². The van der Waals surface area contributed by atoms with Gasteiger partial charge in [0.15, 0.2) is 11.6 Å². The van der Waals surface area contributed by atoms with Gasteiger partial charge in [0.1, 0.15) is 28.7 Å². The highest BCUT2D eigenvalue weighted by Crippen LogP contribution is 2.62. The van der Waals surface area contributed by atoms with Crippen molar-refractivity contribution in [3.63, 3.8) is 0 Å². The highest BCUT2D eigenvalue weighted by molar-refractivity contribution is 6.17. The highest BCUT2D eigenvalue weighted by atomic mass is 16.5. The van der Waals surface area contributed by atoms with Gasteiger partial charge in [-0.3, -0.25) is 14.4 Å². The van der Waals surface area contributed by atoms with Crippen LogP contribution in [0.2, 0.25) is 0 Å². The van der Waals surface area contributed by atoms with Crippen LogP contribution in [-0.4, -0.2) is 49.7 Å². The second kappa shape index (κ2) is 10.4. The molecule has 1 N–H and O–H groups in total. The van der Waals surface area contributed by atoms with Gasteiger partial charge in [-0.25, -0.2) is 0 Å². The van der Waals surface area contributed by atoms with Gasteiger partial charge in [-0.05, 0) is 65.2 Å². The van der Waals surface area contributed by atoms with Crippen molar-refractivity contribution in [2.75, 3.05) is 26.6 Å². The molecule has 3 aliphatic rings. The van der Waals surface area contributed by atoms with Crippen LogP contribution < -0.4 is 19.5 Å². The molecule has 1 fully saturated rings. The fourth-order valence-electron chi connectivity index (χ4n) is 7.26. The molecule has 8 heteroatoms. The average Bonchev–Trinajstić information content (AvgIpc) is 3.55. The van der Waals surface area contributed by atoms with E-state index >= 15 is 4.79 Å². The van der Waals surface area contributed by atoms with Crippen LogP contribution in [0.25, 0.3) is 6.08 Å². The van der Waals surface area contributed by atoms with E-state index in [1.54, 1.807) is 49.6 Å². The Bertz CT molecular complexity index is 1850. The zero-order valence-electron chi connectivity index (χ0n) is 24.4. The monoisotopic (exact) mass is 586 g/mol. The summed E-state index contributed by atoms with van der Waals surface area (Å²) in [5.74, 6) is -0.673. The van der Waals surface area contributed by atoms with E-state index in [1.165, 1.54) is 14.2 Å². The maximum absolute atomic E-state index is 15.1. The zero-order valence-corrected chi connectivity index (χ0v) is 24.4. The first-order valence-electron chi connectivity index (χ1n) is 14.3. The van der Waals surface area contributed by atoms with Crippen LogP contribution in [0.5, 0.6) is 17.2 Å². The molecule has 3 aliphatic heterocycles. The number of para-hydroxylation sites is 1. The van der Waals surface area contributed by atoms with E-state index in [-0.39, 0.29) is 23.0 Å². The van der Waals surface area contributed by atoms with E-state index in [2.05, 4.69) is 5.32 Å². The number of hydrogen-bond donors (Lipinski definition) is 1. The molecule has 4 atom stereocenters. The van der Waals surface area contributed by atoms with E-state index in [0.717, 1.165) is 11.1 Å². The fraction of sp³-hybridized carbons (Fsp3) is 0.194. The summed E-state index contributed by atoms with van der Waals surface area (Å²) in [6.07, 6.45) is 3.79. The van der Waals surface area contributed by atoms with Crippen molar-refractivity contribution in [1.82, 2.24) is 4.90 Å². The topological polar surface area (TPSA) is 94.2 Å². The van der Waals surface area contributed by atoms with Crippen LogP contribution in [0.4, 0.5) is 5.69 Å². The van der Waals surface area contributed by atoms with Crippen molar-refractivity contribution < 1.29 is 28.6 Å². The maximum Gasteiger partial charge on any atom is 0.238 e. The van der Waals surface area contributed by atoms with Gasteiger partial charge in [0.25, 0.3) is 0 Å². The zero-order chi connectivity index (χ0) is 30.6. The van der Waals surface area contributed by atoms with Crippen molar-refractivity contribution in [2.24, 2.45) is 5.92 Å². The first-order chi connectivity index (χ1) is 21.4. The molecule has 8 nitrogen and oxygen atoms in total. The van der Waals surface area contributed by atoms with Crippen LogP contribution in [0, 0.1) is 5.92 Å². The number of rotatable bonds is 7. The number of anilines is 1. The minimum atomic E-state index is -1.44. The predicted octanol–water partition coefficient (Wildman–Crippen LogP) is 5.69. The third kappa shape index (κ3) is 3.80. The van der Waals surface area contributed by atoms with E-state index < -0.39 is 23.4 Å². The smallest absolute Gasteiger partial charge is 0.238 e. The third-order valence-corrected chi connectivity index (χ3v) is 9.17. The van der Waals surface area contributed by atoms with Gasteiger partial charge in [0.2, 0.25) is 5.91 Å². The summed E-state index contributed by atoms with van der Waals surface area (Å²) in [6, 6.07) is 25.4. The largest absolute Gasteiger partial charge is 0.497 e. The number of hydrogen-bond acceptors (Lipinski definition) is 7. The van der Waals surface area contributed by atoms with Gasteiger partial charge >= 0.3 is 0 Å². The van der Waals surface area contributed by atoms with Crippen LogP contribution in [-0.2, 0) is 10.2 Å². The lowest BCUT2D eigenvalue weighted by Crippen LogP contribution is -2.49. The highest BCUT2D eigenvalue weighted by Gasteiger charge is 2.70. The Labute approximate surface area is 254 Å². The Morgan fingerprint density at radius 3 is 2.25 bits per heavy atom. The Morgan fingerprint density at radius 1 is 0.795 bits per heavy atom. The summed E-state index contributed by atoms with van der Waals surface area (Å²) < 4.78 is 16.4. The van der Waals surface area contributed by atoms with E-state index in [1.807, 2.05) is 65.7 Å². The SMILES string of the molecule is COc1ccc(C(=O)[C@@H]2[C@@H](C(=O)c3ccc(OC)cc3OC)[C@]3(C(=O)Nc4ccccc43)[C@H]3c4ccccc4C=CN23)cc1. The number of benzene rings is 4. The normalized spacial score (nSPS) is 22.6. The number of methoxy groups -OCH3 is 3. The van der Waals surface area contributed by atoms with Crippen molar-refractivity contribution >= 4 is 29.2 Å². The molecular formula is C36H30N2O6. The molecule has 4 aromatic rings. The van der Waals surface area contributed by atoms with Crippen molar-refractivity contribution in [3.05, 3.63) is 125 Å². The molecule has 3 heterocycles. The Balaban J connectivity index is 1.52. The van der Waals surface area contributed by atoms with Crippen LogP contribution >= 0.6 is 0 Å². The molecule has 1 amide bonds. The van der Waals surface area contributed by atoms with Gasteiger partial charge in [0.05, 0.1) is 38.9 Å². The second-order valence-electron chi connectivity index (χ2n) is 11.1. The average molecular weight is 587 g/mol. The molecule has 44 heavy (non-hydrogen) atoms. The van der Waals surface area contributed by atoms with E-state index in [4.69, 9.17) is 14.2 Å². The molecule has 0 saturated carbocycles. The second-order valence-corrected chi connectivity index (χ2v) is 11.1. The number of nitrogens with zero attached hydrogens (tertiary/aromatic N) is 1. The molecule has 7 rings (SSSR count). The number of carbonyl (C=O) groups excluding carboxylic acids is 3. The number of ketones is 2. The summed E-state index contributed by atoms with van der Waals surface area (Å²) in [5.41, 5.74) is 2.33. The molecule has 4 aromatic carbocycles. The molecule has 0 unspecified atom stereocenters. The van der Waals surface area contributed by atoms with Crippen LogP contribution in [0.15, 0.2) is 97.2 Å². The van der Waals surface area contributed by atoms with E-state index in [0.29, 0.717) is 34.1 Å². The predicted molar refractivity (Wildman–Crippen MR) is 165 cm³/mol. The molecule has 0 bridgehead atoms. The molecule has 0 radical (unpaired) electrons. The lowest BCUT2D eigenvalue weighted by atomic mass is 9.62. The summed E-state index contributed by atoms with van der Waals surface area (Å²) in [5, 5.41) is 3.07. The minimum Gasteiger partial charge on any atom is -0.497 e. The standard InChI is InChI=1S/C36H30N2O6/c1-42-23-14-12-22(13-15-23)32(39)31-30(33(40)26-17-16-24(43-2)20-29(26)44-3)36(27-10-6-7-11-28(27)37-35(36)41)34-25-9-5-4-8-21(25)18-19-38(31)34/h4-20,30-31,34H,1-3H3,(H,37,41)/t30-,31-,34+,36-/m0/s1. The van der Waals surface area contributed by atoms with Crippen molar-refractivity contribution in [3.8, 4) is 17.2 Å². The lowest BCUT2D eigenvalue weighted by Gasteiger charge is -2.38. The van der Waals surface area contributed by atoms with Crippen LogP contribution in [0.1, 0.15) is 43.4 Å². The number of carbonyl (C=O) groups is 3. The van der Waals surface area contributed by atoms with E-state index in [9.17, 15) is 9.59 Å². The lowest BCUT2D eigenvalue weighted by molar-refractivity contribution is -0.122. The fourth-order valence-corrected chi connectivity index (χ4v) is 7.26. The summed E-state index contributed by atoms with van der Waals surface area (Å²) in [6.45, 7) is 0. The minimum absolute atomic E-state index is 0.263. The van der Waals surface area contributed by atoms with Crippen LogP contribution in [0.3, 0.4) is 0 Å². The molecule has 220 valence electrons. The summed E-state index contributed by atoms with van der Waals surface area (Å²) >= 11 is 0. The Morgan fingerprint density at radius 2 is 1.50 bits per heavy atom. The number of Topliss-reactive ketones (excluding diaryl/α,β-unsaturated/α-hetero) is 2. The maximum atomic E-state index is 15.1. The first-order valence-corrected chi connectivity index (χ1v) is 14.3. The number of fused-ring (bicyclic) bond motifs is 6. The number of nitrogens with one attached hydrogen (secondary N) is 1. The van der Waals surface area contributed by atoms with Gasteiger partial charge in [-0.2, -0.15) is 0 Å². The number of ether oxygens (including phenoxy) is 3. The quantitative estimate of drug-likeness (QED) is 0.278. The first kappa shape index (κ1) is 27.5. The molecule has 1 saturated heterocycles.